The molecule has 1 atom stereocenters. The Hall–Kier alpha value is -3.26. The summed E-state index contributed by atoms with van der Waals surface area (Å²) in [5.41, 5.74) is 2.07. The number of ether oxygens (including phenoxy) is 1. The number of amides is 2. The van der Waals surface area contributed by atoms with E-state index >= 15 is 0 Å². The molecule has 2 aromatic carbocycles. The van der Waals surface area contributed by atoms with Gasteiger partial charge in [-0.2, -0.15) is 16.9 Å². The number of carbonyl (C=O) groups is 2. The number of methoxy groups -OCH3 is 1. The number of rotatable bonds is 11. The quantitative estimate of drug-likeness (QED) is 0.384. The maximum Gasteiger partial charge on any atom is 0.273 e. The highest BCUT2D eigenvalue weighted by atomic mass is 32.2. The second-order valence-corrected chi connectivity index (χ2v) is 10.4. The summed E-state index contributed by atoms with van der Waals surface area (Å²) >= 11 is 1.88. The van der Waals surface area contributed by atoms with Crippen LogP contribution >= 0.6 is 11.8 Å². The summed E-state index contributed by atoms with van der Waals surface area (Å²) in [6.45, 7) is 5.24. The van der Waals surface area contributed by atoms with Crippen molar-refractivity contribution in [3.05, 3.63) is 71.9 Å². The van der Waals surface area contributed by atoms with Gasteiger partial charge in [0.2, 0.25) is 5.91 Å². The average molecular weight is 507 g/mol. The van der Waals surface area contributed by atoms with Crippen LogP contribution in [0.3, 0.4) is 0 Å². The van der Waals surface area contributed by atoms with Crippen LogP contribution in [0.15, 0.2) is 60.7 Å². The fraction of sp³-hybridized carbons (Fsp3) is 0.393. The lowest BCUT2D eigenvalue weighted by Gasteiger charge is -2.43. The van der Waals surface area contributed by atoms with E-state index < -0.39 is 5.54 Å². The summed E-state index contributed by atoms with van der Waals surface area (Å²) < 4.78 is 6.94. The maximum absolute atomic E-state index is 13.7. The number of thioether (sulfide) groups is 1. The molecule has 2 heterocycles. The normalized spacial score (nSPS) is 17.1. The fourth-order valence-corrected chi connectivity index (χ4v) is 5.26. The third kappa shape index (κ3) is 5.59. The predicted octanol–water partition coefficient (Wildman–Crippen LogP) is 4.62. The van der Waals surface area contributed by atoms with E-state index in [-0.39, 0.29) is 11.8 Å². The number of aromatic nitrogens is 2. The highest BCUT2D eigenvalue weighted by molar-refractivity contribution is 7.99. The van der Waals surface area contributed by atoms with Gasteiger partial charge in [-0.3, -0.25) is 14.3 Å². The van der Waals surface area contributed by atoms with Crippen LogP contribution in [0.1, 0.15) is 42.7 Å². The van der Waals surface area contributed by atoms with Gasteiger partial charge in [0.05, 0.1) is 19.3 Å². The highest BCUT2D eigenvalue weighted by Gasteiger charge is 2.47. The van der Waals surface area contributed by atoms with Gasteiger partial charge in [-0.25, -0.2) is 0 Å². The van der Waals surface area contributed by atoms with Gasteiger partial charge in [0.15, 0.2) is 0 Å². The molecule has 1 N–H and O–H groups in total. The van der Waals surface area contributed by atoms with Gasteiger partial charge in [-0.1, -0.05) is 37.3 Å². The molecular weight excluding hydrogens is 472 g/mol. The molecule has 0 aliphatic carbocycles. The van der Waals surface area contributed by atoms with Crippen LogP contribution in [-0.4, -0.2) is 57.2 Å². The first kappa shape index (κ1) is 25.8. The third-order valence-corrected chi connectivity index (χ3v) is 7.76. The van der Waals surface area contributed by atoms with Crippen molar-refractivity contribution in [3.63, 3.8) is 0 Å². The molecule has 8 heteroatoms. The number of carbonyl (C=O) groups excluding carboxylic acids is 2. The largest absolute Gasteiger partial charge is 0.497 e. The van der Waals surface area contributed by atoms with E-state index in [1.165, 1.54) is 0 Å². The molecule has 4 rings (SSSR count). The third-order valence-electron chi connectivity index (χ3n) is 6.49. The van der Waals surface area contributed by atoms with E-state index in [9.17, 15) is 9.59 Å². The van der Waals surface area contributed by atoms with Crippen LogP contribution in [-0.2, 0) is 17.9 Å². The minimum atomic E-state index is -1.04. The molecule has 0 spiro atoms. The van der Waals surface area contributed by atoms with Crippen LogP contribution in [0.25, 0.3) is 11.3 Å². The summed E-state index contributed by atoms with van der Waals surface area (Å²) in [7, 11) is 1.63. The molecule has 2 amide bonds. The molecular formula is C28H34N4O3S. The Labute approximate surface area is 217 Å². The van der Waals surface area contributed by atoms with Gasteiger partial charge in [0, 0.05) is 18.7 Å². The van der Waals surface area contributed by atoms with Crippen molar-refractivity contribution in [1.29, 1.82) is 0 Å². The second kappa shape index (κ2) is 11.6. The molecule has 1 aromatic heterocycles. The van der Waals surface area contributed by atoms with E-state index in [0.717, 1.165) is 41.2 Å². The lowest BCUT2D eigenvalue weighted by molar-refractivity contribution is -0.133. The van der Waals surface area contributed by atoms with E-state index in [0.29, 0.717) is 31.0 Å². The van der Waals surface area contributed by atoms with Crippen molar-refractivity contribution in [2.75, 3.05) is 25.2 Å². The number of nitrogens with zero attached hydrogens (tertiary/aromatic N) is 3. The lowest BCUT2D eigenvalue weighted by atomic mass is 9.94. The summed E-state index contributed by atoms with van der Waals surface area (Å²) in [4.78, 5) is 29.1. The molecule has 0 bridgehead atoms. The summed E-state index contributed by atoms with van der Waals surface area (Å²) in [5, 5.41) is 7.78. The Balaban J connectivity index is 1.59. The Morgan fingerprint density at radius 2 is 1.89 bits per heavy atom. The van der Waals surface area contributed by atoms with E-state index in [4.69, 9.17) is 9.84 Å². The zero-order valence-electron chi connectivity index (χ0n) is 21.2. The first-order chi connectivity index (χ1) is 17.5. The standard InChI is InChI=1S/C28H34N4O3S/c1-4-16-36-17-8-15-31-26(33)25-18-24(22-11-13-23(35-3)14-12-22)30-32(25)20-28(31,2)27(34)29-19-21-9-6-5-7-10-21/h5-7,9-14,18H,4,8,15-17,19-20H2,1-3H3,(H,29,34). The van der Waals surface area contributed by atoms with Crippen molar-refractivity contribution in [1.82, 2.24) is 20.0 Å². The van der Waals surface area contributed by atoms with Crippen molar-refractivity contribution >= 4 is 23.6 Å². The molecule has 0 fully saturated rings. The van der Waals surface area contributed by atoms with Crippen molar-refractivity contribution in [3.8, 4) is 17.0 Å². The number of nitrogens with one attached hydrogen (secondary N) is 1. The molecule has 7 nitrogen and oxygen atoms in total. The average Bonchev–Trinajstić information content (AvgIpc) is 3.33. The molecule has 36 heavy (non-hydrogen) atoms. The maximum atomic E-state index is 13.7. The van der Waals surface area contributed by atoms with Gasteiger partial charge >= 0.3 is 0 Å². The fourth-order valence-electron chi connectivity index (χ4n) is 4.43. The summed E-state index contributed by atoms with van der Waals surface area (Å²) in [6, 6.07) is 19.2. The van der Waals surface area contributed by atoms with Crippen LogP contribution in [0, 0.1) is 0 Å². The van der Waals surface area contributed by atoms with Crippen molar-refractivity contribution < 1.29 is 14.3 Å². The van der Waals surface area contributed by atoms with E-state index in [2.05, 4.69) is 12.2 Å². The molecule has 1 aliphatic rings. The molecule has 3 aromatic rings. The number of hydrogen-bond donors (Lipinski definition) is 1. The molecule has 0 saturated heterocycles. The SMILES string of the molecule is CCCSCCCN1C(=O)c2cc(-c3ccc(OC)cc3)nn2CC1(C)C(=O)NCc1ccccc1. The van der Waals surface area contributed by atoms with Gasteiger partial charge in [0.1, 0.15) is 17.0 Å². The molecule has 0 radical (unpaired) electrons. The topological polar surface area (TPSA) is 76.5 Å². The first-order valence-corrected chi connectivity index (χ1v) is 13.6. The van der Waals surface area contributed by atoms with Crippen LogP contribution in [0.4, 0.5) is 0 Å². The lowest BCUT2D eigenvalue weighted by Crippen LogP contribution is -2.64. The Morgan fingerprint density at radius 1 is 1.14 bits per heavy atom. The van der Waals surface area contributed by atoms with Gasteiger partial charge in [-0.05, 0) is 67.2 Å². The van der Waals surface area contributed by atoms with Gasteiger partial charge in [-0.15, -0.1) is 0 Å². The van der Waals surface area contributed by atoms with Gasteiger partial charge in [0.25, 0.3) is 5.91 Å². The predicted molar refractivity (Wildman–Crippen MR) is 144 cm³/mol. The Morgan fingerprint density at radius 3 is 2.58 bits per heavy atom. The molecule has 0 saturated carbocycles. The van der Waals surface area contributed by atoms with Gasteiger partial charge < -0.3 is 15.0 Å². The smallest absolute Gasteiger partial charge is 0.273 e. The van der Waals surface area contributed by atoms with Crippen molar-refractivity contribution in [2.24, 2.45) is 0 Å². The zero-order valence-corrected chi connectivity index (χ0v) is 22.0. The number of fused-ring (bicyclic) bond motifs is 1. The highest BCUT2D eigenvalue weighted by Crippen LogP contribution is 2.31. The number of benzene rings is 2. The monoisotopic (exact) mass is 506 g/mol. The van der Waals surface area contributed by atoms with Crippen molar-refractivity contribution in [2.45, 2.75) is 45.3 Å². The summed E-state index contributed by atoms with van der Waals surface area (Å²) in [5.74, 6) is 2.48. The minimum absolute atomic E-state index is 0.161. The Bertz CT molecular complexity index is 1180. The Kier molecular flexibility index (Phi) is 8.36. The first-order valence-electron chi connectivity index (χ1n) is 12.4. The molecule has 1 aliphatic heterocycles. The van der Waals surface area contributed by atoms with E-state index in [1.54, 1.807) is 16.7 Å². The summed E-state index contributed by atoms with van der Waals surface area (Å²) in [6.07, 6.45) is 1.96. The van der Waals surface area contributed by atoms with E-state index in [1.807, 2.05) is 79.3 Å². The molecule has 1 unspecified atom stereocenters. The number of hydrogen-bond acceptors (Lipinski definition) is 5. The zero-order chi connectivity index (χ0) is 25.5. The minimum Gasteiger partial charge on any atom is -0.497 e. The molecule has 190 valence electrons. The van der Waals surface area contributed by atoms with Crippen LogP contribution in [0.5, 0.6) is 5.75 Å². The van der Waals surface area contributed by atoms with Crippen LogP contribution < -0.4 is 10.1 Å². The van der Waals surface area contributed by atoms with Crippen LogP contribution in [0.2, 0.25) is 0 Å². The second-order valence-electron chi connectivity index (χ2n) is 9.17.